The van der Waals surface area contributed by atoms with Gasteiger partial charge in [-0.15, -0.1) is 0 Å². The lowest BCUT2D eigenvalue weighted by Gasteiger charge is -2.28. The number of benzene rings is 1. The molecule has 0 fully saturated rings. The molecule has 0 aliphatic heterocycles. The van der Waals surface area contributed by atoms with Crippen LogP contribution in [0.3, 0.4) is 0 Å². The Morgan fingerprint density at radius 3 is 2.30 bits per heavy atom. The van der Waals surface area contributed by atoms with Crippen molar-refractivity contribution in [2.24, 2.45) is 0 Å². The maximum absolute atomic E-state index is 10.4. The zero-order chi connectivity index (χ0) is 15.1. The molecule has 0 saturated carbocycles. The van der Waals surface area contributed by atoms with Crippen LogP contribution in [0.2, 0.25) is 0 Å². The Balaban J connectivity index is 2.58. The normalized spacial score (nSPS) is 14.6. The fourth-order valence-electron chi connectivity index (χ4n) is 2.69. The fourth-order valence-corrected chi connectivity index (χ4v) is 2.69. The number of aliphatic hydroxyl groups is 1. The van der Waals surface area contributed by atoms with Crippen molar-refractivity contribution in [1.82, 2.24) is 4.90 Å². The highest BCUT2D eigenvalue weighted by atomic mass is 16.5. The first-order valence-electron chi connectivity index (χ1n) is 7.47. The maximum Gasteiger partial charge on any atom is 0.0802 e. The zero-order valence-corrected chi connectivity index (χ0v) is 13.5. The third-order valence-corrected chi connectivity index (χ3v) is 3.76. The lowest BCUT2D eigenvalue weighted by molar-refractivity contribution is 0.0840. The lowest BCUT2D eigenvalue weighted by Crippen LogP contribution is -2.37. The molecule has 0 spiro atoms. The van der Waals surface area contributed by atoms with Gasteiger partial charge in [-0.2, -0.15) is 0 Å². The smallest absolute Gasteiger partial charge is 0.0802 e. The van der Waals surface area contributed by atoms with Gasteiger partial charge in [0.15, 0.2) is 0 Å². The van der Waals surface area contributed by atoms with E-state index in [1.165, 1.54) is 11.1 Å². The van der Waals surface area contributed by atoms with Gasteiger partial charge in [-0.05, 0) is 39.3 Å². The quantitative estimate of drug-likeness (QED) is 0.794. The molecule has 0 aliphatic carbocycles. The van der Waals surface area contributed by atoms with Crippen molar-refractivity contribution in [3.63, 3.8) is 0 Å². The van der Waals surface area contributed by atoms with E-state index in [0.717, 1.165) is 31.7 Å². The minimum atomic E-state index is -0.391. The van der Waals surface area contributed by atoms with Crippen molar-refractivity contribution in [2.75, 3.05) is 26.8 Å². The van der Waals surface area contributed by atoms with E-state index in [9.17, 15) is 5.11 Å². The van der Waals surface area contributed by atoms with Crippen LogP contribution in [0.1, 0.15) is 43.1 Å². The van der Waals surface area contributed by atoms with E-state index in [0.29, 0.717) is 6.04 Å². The number of nitrogens with zero attached hydrogens (tertiary/aromatic N) is 1. The summed E-state index contributed by atoms with van der Waals surface area (Å²) in [6, 6.07) is 6.67. The summed E-state index contributed by atoms with van der Waals surface area (Å²) in [5.41, 5.74) is 3.44. The predicted octanol–water partition coefficient (Wildman–Crippen LogP) is 3.08. The first-order chi connectivity index (χ1) is 9.47. The summed E-state index contributed by atoms with van der Waals surface area (Å²) >= 11 is 0. The standard InChI is InChI=1S/C17H29NO2/c1-6-18(15(4)12-20-5)8-7-17(19)16-10-13(2)9-14(3)11-16/h9-11,15,17,19H,6-8,12H2,1-5H3. The van der Waals surface area contributed by atoms with Crippen molar-refractivity contribution in [3.05, 3.63) is 34.9 Å². The summed E-state index contributed by atoms with van der Waals surface area (Å²) in [6.07, 6.45) is 0.363. The minimum Gasteiger partial charge on any atom is -0.388 e. The molecular formula is C17H29NO2. The highest BCUT2D eigenvalue weighted by Crippen LogP contribution is 2.20. The topological polar surface area (TPSA) is 32.7 Å². The molecule has 1 rings (SSSR count). The number of hydrogen-bond donors (Lipinski definition) is 1. The van der Waals surface area contributed by atoms with Crippen molar-refractivity contribution in [2.45, 2.75) is 46.3 Å². The van der Waals surface area contributed by atoms with Gasteiger partial charge < -0.3 is 9.84 Å². The summed E-state index contributed by atoms with van der Waals surface area (Å²) in [4.78, 5) is 2.34. The van der Waals surface area contributed by atoms with Gasteiger partial charge in [0, 0.05) is 19.7 Å². The van der Waals surface area contributed by atoms with Gasteiger partial charge in [-0.1, -0.05) is 36.2 Å². The molecule has 3 heteroatoms. The van der Waals surface area contributed by atoms with E-state index in [2.05, 4.69) is 50.8 Å². The van der Waals surface area contributed by atoms with Crippen LogP contribution >= 0.6 is 0 Å². The Morgan fingerprint density at radius 1 is 1.20 bits per heavy atom. The lowest BCUT2D eigenvalue weighted by atomic mass is 10.0. The second kappa shape index (κ2) is 8.40. The van der Waals surface area contributed by atoms with Gasteiger partial charge in [0.1, 0.15) is 0 Å². The number of ether oxygens (including phenoxy) is 1. The van der Waals surface area contributed by atoms with Gasteiger partial charge >= 0.3 is 0 Å². The highest BCUT2D eigenvalue weighted by Gasteiger charge is 2.15. The van der Waals surface area contributed by atoms with Crippen molar-refractivity contribution >= 4 is 0 Å². The summed E-state index contributed by atoms with van der Waals surface area (Å²) < 4.78 is 5.21. The maximum atomic E-state index is 10.4. The molecule has 0 bridgehead atoms. The third kappa shape index (κ3) is 5.23. The van der Waals surface area contributed by atoms with Gasteiger partial charge in [0.05, 0.1) is 12.7 Å². The predicted molar refractivity (Wildman–Crippen MR) is 84.1 cm³/mol. The van der Waals surface area contributed by atoms with Crippen molar-refractivity contribution in [1.29, 1.82) is 0 Å². The average Bonchev–Trinajstić information content (AvgIpc) is 2.38. The summed E-state index contributed by atoms with van der Waals surface area (Å²) in [6.45, 7) is 11.0. The Morgan fingerprint density at radius 2 is 1.80 bits per heavy atom. The first kappa shape index (κ1) is 17.2. The third-order valence-electron chi connectivity index (χ3n) is 3.76. The van der Waals surface area contributed by atoms with Crippen LogP contribution in [0, 0.1) is 13.8 Å². The van der Waals surface area contributed by atoms with Crippen LogP contribution in [0.5, 0.6) is 0 Å². The molecule has 0 radical (unpaired) electrons. The Hall–Kier alpha value is -0.900. The molecule has 0 aromatic heterocycles. The molecular weight excluding hydrogens is 250 g/mol. The van der Waals surface area contributed by atoms with Crippen LogP contribution in [0.4, 0.5) is 0 Å². The molecule has 20 heavy (non-hydrogen) atoms. The SMILES string of the molecule is CCN(CCC(O)c1cc(C)cc(C)c1)C(C)COC. The van der Waals surface area contributed by atoms with Gasteiger partial charge in [-0.25, -0.2) is 0 Å². The molecule has 1 aromatic rings. The number of aryl methyl sites for hydroxylation is 2. The van der Waals surface area contributed by atoms with Gasteiger partial charge in [-0.3, -0.25) is 4.90 Å². The fraction of sp³-hybridized carbons (Fsp3) is 0.647. The van der Waals surface area contributed by atoms with E-state index < -0.39 is 6.10 Å². The molecule has 0 saturated heterocycles. The minimum absolute atomic E-state index is 0.386. The second-order valence-electron chi connectivity index (χ2n) is 5.66. The number of likely N-dealkylation sites (N-methyl/N-ethyl adjacent to an activating group) is 1. The molecule has 3 nitrogen and oxygen atoms in total. The molecule has 2 atom stereocenters. The van der Waals surface area contributed by atoms with E-state index in [1.807, 2.05) is 0 Å². The summed E-state index contributed by atoms with van der Waals surface area (Å²) in [7, 11) is 1.73. The molecule has 1 N–H and O–H groups in total. The Kier molecular flexibility index (Phi) is 7.20. The van der Waals surface area contributed by atoms with Crippen LogP contribution in [-0.4, -0.2) is 42.9 Å². The summed E-state index contributed by atoms with van der Waals surface area (Å²) in [5, 5.41) is 10.4. The monoisotopic (exact) mass is 279 g/mol. The van der Waals surface area contributed by atoms with E-state index >= 15 is 0 Å². The molecule has 2 unspecified atom stereocenters. The number of rotatable bonds is 8. The number of methoxy groups -OCH3 is 1. The largest absolute Gasteiger partial charge is 0.388 e. The molecule has 0 heterocycles. The van der Waals surface area contributed by atoms with Crippen LogP contribution in [-0.2, 0) is 4.74 Å². The first-order valence-corrected chi connectivity index (χ1v) is 7.47. The van der Waals surface area contributed by atoms with E-state index in [4.69, 9.17) is 4.74 Å². The second-order valence-corrected chi connectivity index (χ2v) is 5.66. The Bertz CT molecular complexity index is 386. The molecule has 114 valence electrons. The van der Waals surface area contributed by atoms with Crippen LogP contribution in [0.25, 0.3) is 0 Å². The van der Waals surface area contributed by atoms with Crippen LogP contribution < -0.4 is 0 Å². The van der Waals surface area contributed by atoms with E-state index in [-0.39, 0.29) is 0 Å². The zero-order valence-electron chi connectivity index (χ0n) is 13.5. The molecule has 1 aromatic carbocycles. The number of aliphatic hydroxyl groups excluding tert-OH is 1. The molecule has 0 amide bonds. The van der Waals surface area contributed by atoms with Crippen LogP contribution in [0.15, 0.2) is 18.2 Å². The highest BCUT2D eigenvalue weighted by molar-refractivity contribution is 5.29. The molecule has 0 aliphatic rings. The Labute approximate surface area is 123 Å². The summed E-state index contributed by atoms with van der Waals surface area (Å²) in [5.74, 6) is 0. The van der Waals surface area contributed by atoms with Crippen molar-refractivity contribution in [3.8, 4) is 0 Å². The average molecular weight is 279 g/mol. The number of hydrogen-bond acceptors (Lipinski definition) is 3. The van der Waals surface area contributed by atoms with E-state index in [1.54, 1.807) is 7.11 Å². The van der Waals surface area contributed by atoms with Crippen molar-refractivity contribution < 1.29 is 9.84 Å². The van der Waals surface area contributed by atoms with Gasteiger partial charge in [0.25, 0.3) is 0 Å². The van der Waals surface area contributed by atoms with Gasteiger partial charge in [0.2, 0.25) is 0 Å².